The van der Waals surface area contributed by atoms with Crippen molar-refractivity contribution in [1.29, 1.82) is 0 Å². The molecule has 2 N–H and O–H groups in total. The molecule has 0 saturated carbocycles. The Kier molecular flexibility index (Phi) is 4.80. The first-order valence-electron chi connectivity index (χ1n) is 8.23. The van der Waals surface area contributed by atoms with Gasteiger partial charge in [-0.1, -0.05) is 60.7 Å². The number of aryl methyl sites for hydroxylation is 1. The van der Waals surface area contributed by atoms with Crippen molar-refractivity contribution in [2.75, 3.05) is 6.61 Å². The highest BCUT2D eigenvalue weighted by Gasteiger charge is 2.09. The summed E-state index contributed by atoms with van der Waals surface area (Å²) in [7, 11) is 0. The highest BCUT2D eigenvalue weighted by molar-refractivity contribution is 6.10. The van der Waals surface area contributed by atoms with Gasteiger partial charge in [0.25, 0.3) is 0 Å². The molecule has 0 bridgehead atoms. The number of allylic oxidation sites excluding steroid dienone is 1. The standard InChI is InChI=1S/C18H14.C3H7NO2/c1-3-7-15-13(5-1)9-11-18-16-8-4-2-6-14(16)10-12-17(15)18;1-2-6-3(4)5/h1,3-5,7-12H,2,6H2;2H2,1H3,(H2,4,5). The Balaban J connectivity index is 0.000000246. The Morgan fingerprint density at radius 2 is 1.83 bits per heavy atom. The van der Waals surface area contributed by atoms with Crippen LogP contribution in [0.1, 0.15) is 24.5 Å². The summed E-state index contributed by atoms with van der Waals surface area (Å²) in [6.07, 6.45) is 6.21. The molecule has 0 heterocycles. The zero-order valence-electron chi connectivity index (χ0n) is 13.8. The third-order valence-corrected chi connectivity index (χ3v) is 4.21. The molecule has 122 valence electrons. The third kappa shape index (κ3) is 3.25. The number of fused-ring (bicyclic) bond motifs is 5. The number of primary amides is 1. The number of hydrogen-bond acceptors (Lipinski definition) is 2. The molecular formula is C21H21NO2. The lowest BCUT2D eigenvalue weighted by molar-refractivity contribution is 0.163. The van der Waals surface area contributed by atoms with Crippen LogP contribution in [0.25, 0.3) is 27.6 Å². The van der Waals surface area contributed by atoms with Gasteiger partial charge in [-0.25, -0.2) is 4.79 Å². The van der Waals surface area contributed by atoms with Crippen molar-refractivity contribution in [2.24, 2.45) is 5.73 Å². The van der Waals surface area contributed by atoms with Crippen LogP contribution in [0.3, 0.4) is 0 Å². The van der Waals surface area contributed by atoms with Gasteiger partial charge in [0.05, 0.1) is 6.61 Å². The first kappa shape index (κ1) is 16.1. The molecule has 1 amide bonds. The van der Waals surface area contributed by atoms with E-state index in [1.807, 2.05) is 0 Å². The number of rotatable bonds is 1. The summed E-state index contributed by atoms with van der Waals surface area (Å²) in [6.45, 7) is 2.06. The monoisotopic (exact) mass is 319 g/mol. The predicted molar refractivity (Wildman–Crippen MR) is 100 cm³/mol. The van der Waals surface area contributed by atoms with Gasteiger partial charge in [0.1, 0.15) is 0 Å². The van der Waals surface area contributed by atoms with E-state index in [1.165, 1.54) is 45.5 Å². The van der Waals surface area contributed by atoms with Crippen molar-refractivity contribution in [3.8, 4) is 0 Å². The quantitative estimate of drug-likeness (QED) is 0.638. The molecule has 0 atom stereocenters. The van der Waals surface area contributed by atoms with Crippen LogP contribution in [0.2, 0.25) is 0 Å². The lowest BCUT2D eigenvalue weighted by Gasteiger charge is -2.14. The molecule has 3 aromatic carbocycles. The number of amides is 1. The van der Waals surface area contributed by atoms with Crippen LogP contribution in [-0.4, -0.2) is 12.7 Å². The molecule has 0 saturated heterocycles. The molecule has 3 aromatic rings. The van der Waals surface area contributed by atoms with Crippen molar-refractivity contribution in [1.82, 2.24) is 0 Å². The summed E-state index contributed by atoms with van der Waals surface area (Å²) in [4.78, 5) is 9.60. The fraction of sp³-hybridized carbons (Fsp3) is 0.190. The Hall–Kier alpha value is -2.81. The number of hydrogen-bond donors (Lipinski definition) is 1. The molecule has 3 nitrogen and oxygen atoms in total. The van der Waals surface area contributed by atoms with E-state index >= 15 is 0 Å². The van der Waals surface area contributed by atoms with Gasteiger partial charge in [-0.05, 0) is 52.4 Å². The average Bonchev–Trinajstić information content (AvgIpc) is 2.61. The van der Waals surface area contributed by atoms with Crippen LogP contribution in [0, 0.1) is 0 Å². The zero-order chi connectivity index (χ0) is 16.9. The van der Waals surface area contributed by atoms with Crippen molar-refractivity contribution in [2.45, 2.75) is 19.8 Å². The molecule has 1 aliphatic carbocycles. The third-order valence-electron chi connectivity index (χ3n) is 4.21. The summed E-state index contributed by atoms with van der Waals surface area (Å²) in [6, 6.07) is 17.7. The minimum Gasteiger partial charge on any atom is -0.450 e. The first-order chi connectivity index (χ1) is 11.7. The maximum Gasteiger partial charge on any atom is 0.404 e. The largest absolute Gasteiger partial charge is 0.450 e. The Morgan fingerprint density at radius 1 is 1.04 bits per heavy atom. The minimum atomic E-state index is -0.711. The van der Waals surface area contributed by atoms with Crippen LogP contribution in [0.15, 0.2) is 54.6 Å². The van der Waals surface area contributed by atoms with Crippen molar-refractivity contribution in [3.63, 3.8) is 0 Å². The van der Waals surface area contributed by atoms with Gasteiger partial charge in [0.15, 0.2) is 0 Å². The van der Waals surface area contributed by atoms with Crippen molar-refractivity contribution < 1.29 is 9.53 Å². The fourth-order valence-electron chi connectivity index (χ4n) is 3.15. The highest BCUT2D eigenvalue weighted by atomic mass is 16.5. The lowest BCUT2D eigenvalue weighted by Crippen LogP contribution is -2.11. The van der Waals surface area contributed by atoms with Crippen LogP contribution in [0.5, 0.6) is 0 Å². The van der Waals surface area contributed by atoms with Gasteiger partial charge >= 0.3 is 6.09 Å². The summed E-state index contributed by atoms with van der Waals surface area (Å²) in [5.74, 6) is 0. The van der Waals surface area contributed by atoms with Crippen LogP contribution >= 0.6 is 0 Å². The van der Waals surface area contributed by atoms with Gasteiger partial charge in [0, 0.05) is 0 Å². The number of ether oxygens (including phenoxy) is 1. The number of nitrogens with two attached hydrogens (primary N) is 1. The van der Waals surface area contributed by atoms with Crippen molar-refractivity contribution >= 4 is 33.7 Å². The summed E-state index contributed by atoms with van der Waals surface area (Å²) in [5.41, 5.74) is 7.45. The second kappa shape index (κ2) is 7.18. The van der Waals surface area contributed by atoms with E-state index in [2.05, 4.69) is 71.2 Å². The normalized spacial score (nSPS) is 12.4. The molecule has 3 heteroatoms. The van der Waals surface area contributed by atoms with Gasteiger partial charge in [0.2, 0.25) is 0 Å². The maximum absolute atomic E-state index is 9.60. The average molecular weight is 319 g/mol. The van der Waals surface area contributed by atoms with E-state index < -0.39 is 6.09 Å². The molecule has 0 aromatic heterocycles. The van der Waals surface area contributed by atoms with E-state index in [-0.39, 0.29) is 0 Å². The number of carbonyl (C=O) groups is 1. The van der Waals surface area contributed by atoms with Gasteiger partial charge < -0.3 is 10.5 Å². The number of benzene rings is 3. The molecule has 0 spiro atoms. The van der Waals surface area contributed by atoms with Gasteiger partial charge in [-0.2, -0.15) is 0 Å². The smallest absolute Gasteiger partial charge is 0.404 e. The minimum absolute atomic E-state index is 0.356. The molecule has 4 rings (SSSR count). The second-order valence-corrected chi connectivity index (χ2v) is 5.71. The van der Waals surface area contributed by atoms with Crippen molar-refractivity contribution in [3.05, 3.63) is 65.7 Å². The Bertz CT molecular complexity index is 912. The second-order valence-electron chi connectivity index (χ2n) is 5.71. The SMILES string of the molecule is C1=Cc2c(ccc3c2ccc2ccccc23)CC1.CCOC(N)=O. The molecule has 0 unspecified atom stereocenters. The maximum atomic E-state index is 9.60. The van der Waals surface area contributed by atoms with E-state index in [4.69, 9.17) is 0 Å². The molecule has 0 radical (unpaired) electrons. The van der Waals surface area contributed by atoms with Gasteiger partial charge in [-0.3, -0.25) is 0 Å². The summed E-state index contributed by atoms with van der Waals surface area (Å²) >= 11 is 0. The molecular weight excluding hydrogens is 298 g/mol. The van der Waals surface area contributed by atoms with Crippen LogP contribution in [0.4, 0.5) is 4.79 Å². The molecule has 1 aliphatic rings. The Labute approximate surface area is 141 Å². The number of carbonyl (C=O) groups excluding carboxylic acids is 1. The van der Waals surface area contributed by atoms with Gasteiger partial charge in [-0.15, -0.1) is 0 Å². The van der Waals surface area contributed by atoms with E-state index in [0.29, 0.717) is 6.61 Å². The predicted octanol–water partition coefficient (Wildman–Crippen LogP) is 5.05. The lowest BCUT2D eigenvalue weighted by atomic mass is 9.90. The van der Waals surface area contributed by atoms with Crippen LogP contribution in [-0.2, 0) is 11.2 Å². The Morgan fingerprint density at radius 3 is 2.58 bits per heavy atom. The highest BCUT2D eigenvalue weighted by Crippen LogP contribution is 2.32. The van der Waals surface area contributed by atoms with E-state index in [1.54, 1.807) is 6.92 Å². The van der Waals surface area contributed by atoms with E-state index in [0.717, 1.165) is 0 Å². The summed E-state index contributed by atoms with van der Waals surface area (Å²) in [5, 5.41) is 5.45. The van der Waals surface area contributed by atoms with Crippen LogP contribution < -0.4 is 5.73 Å². The van der Waals surface area contributed by atoms with E-state index in [9.17, 15) is 4.79 Å². The molecule has 24 heavy (non-hydrogen) atoms. The topological polar surface area (TPSA) is 52.3 Å². The first-order valence-corrected chi connectivity index (χ1v) is 8.23. The molecule has 0 aliphatic heterocycles. The summed E-state index contributed by atoms with van der Waals surface area (Å²) < 4.78 is 4.18. The molecule has 0 fully saturated rings. The fourth-order valence-corrected chi connectivity index (χ4v) is 3.15. The zero-order valence-corrected chi connectivity index (χ0v) is 13.8.